The van der Waals surface area contributed by atoms with Crippen molar-refractivity contribution in [1.82, 2.24) is 4.90 Å². The van der Waals surface area contributed by atoms with Crippen LogP contribution in [0.1, 0.15) is 48.0 Å². The van der Waals surface area contributed by atoms with Crippen LogP contribution in [0.15, 0.2) is 18.2 Å². The van der Waals surface area contributed by atoms with Gasteiger partial charge in [0.05, 0.1) is 0 Å². The Bertz CT molecular complexity index is 541. The maximum absolute atomic E-state index is 12.6. The number of aromatic hydroxyl groups is 1. The Labute approximate surface area is 124 Å². The highest BCUT2D eigenvalue weighted by atomic mass is 16.4. The Morgan fingerprint density at radius 1 is 1.33 bits per heavy atom. The standard InChI is InChI=1S/C16H21NO4/c1-11-10-12(5-7-14(11)18)16(21)17-9-3-2-4-13(17)6-8-15(19)20/h5,7,10,13,18H,2-4,6,8-9H2,1H3,(H,19,20). The van der Waals surface area contributed by atoms with E-state index in [4.69, 9.17) is 5.11 Å². The molecule has 1 aliphatic heterocycles. The van der Waals surface area contributed by atoms with E-state index in [1.165, 1.54) is 6.07 Å². The Morgan fingerprint density at radius 3 is 2.76 bits per heavy atom. The van der Waals surface area contributed by atoms with Gasteiger partial charge in [-0.1, -0.05) is 0 Å². The summed E-state index contributed by atoms with van der Waals surface area (Å²) in [5.41, 5.74) is 1.22. The predicted octanol–water partition coefficient (Wildman–Crippen LogP) is 2.56. The molecule has 1 saturated heterocycles. The molecule has 5 heteroatoms. The maximum atomic E-state index is 12.6. The number of phenols is 1. The molecule has 1 heterocycles. The fourth-order valence-electron chi connectivity index (χ4n) is 2.81. The number of carboxylic acids is 1. The number of likely N-dealkylation sites (tertiary alicyclic amines) is 1. The molecule has 0 saturated carbocycles. The molecule has 1 aromatic carbocycles. The van der Waals surface area contributed by atoms with Gasteiger partial charge in [0.1, 0.15) is 5.75 Å². The summed E-state index contributed by atoms with van der Waals surface area (Å²) in [7, 11) is 0. The smallest absolute Gasteiger partial charge is 0.303 e. The molecule has 0 bridgehead atoms. The zero-order chi connectivity index (χ0) is 15.4. The van der Waals surface area contributed by atoms with Crippen LogP contribution in [0.5, 0.6) is 5.75 Å². The van der Waals surface area contributed by atoms with Crippen LogP contribution in [0.4, 0.5) is 0 Å². The van der Waals surface area contributed by atoms with Crippen LogP contribution in [0.25, 0.3) is 0 Å². The van der Waals surface area contributed by atoms with Crippen molar-refractivity contribution in [2.45, 2.75) is 45.1 Å². The summed E-state index contributed by atoms with van der Waals surface area (Å²) in [6.07, 6.45) is 3.42. The number of hydrogen-bond donors (Lipinski definition) is 2. The maximum Gasteiger partial charge on any atom is 0.303 e. The molecule has 2 rings (SSSR count). The topological polar surface area (TPSA) is 77.8 Å². The molecule has 1 atom stereocenters. The molecule has 5 nitrogen and oxygen atoms in total. The number of rotatable bonds is 4. The highest BCUT2D eigenvalue weighted by molar-refractivity contribution is 5.95. The Hall–Kier alpha value is -2.04. The molecule has 0 aliphatic carbocycles. The van der Waals surface area contributed by atoms with Gasteiger partial charge in [-0.2, -0.15) is 0 Å². The van der Waals surface area contributed by atoms with Crippen molar-refractivity contribution in [3.63, 3.8) is 0 Å². The highest BCUT2D eigenvalue weighted by Crippen LogP contribution is 2.25. The van der Waals surface area contributed by atoms with E-state index in [9.17, 15) is 14.7 Å². The van der Waals surface area contributed by atoms with Crippen molar-refractivity contribution in [2.75, 3.05) is 6.54 Å². The Morgan fingerprint density at radius 2 is 2.10 bits per heavy atom. The summed E-state index contributed by atoms with van der Waals surface area (Å²) in [6.45, 7) is 2.42. The molecule has 0 aromatic heterocycles. The average Bonchev–Trinajstić information content (AvgIpc) is 2.47. The molecule has 114 valence electrons. The van der Waals surface area contributed by atoms with Crippen LogP contribution < -0.4 is 0 Å². The number of aliphatic carboxylic acids is 1. The van der Waals surface area contributed by atoms with Gasteiger partial charge < -0.3 is 15.1 Å². The van der Waals surface area contributed by atoms with Gasteiger partial charge in [-0.25, -0.2) is 0 Å². The summed E-state index contributed by atoms with van der Waals surface area (Å²) >= 11 is 0. The SMILES string of the molecule is Cc1cc(C(=O)N2CCCCC2CCC(=O)O)ccc1O. The third-order valence-electron chi connectivity index (χ3n) is 4.02. The van der Waals surface area contributed by atoms with Crippen LogP contribution in [0, 0.1) is 6.92 Å². The first kappa shape index (κ1) is 15.4. The molecule has 1 unspecified atom stereocenters. The largest absolute Gasteiger partial charge is 0.508 e. The summed E-state index contributed by atoms with van der Waals surface area (Å²) in [4.78, 5) is 25.1. The van der Waals surface area contributed by atoms with E-state index < -0.39 is 5.97 Å². The van der Waals surface area contributed by atoms with E-state index in [1.807, 2.05) is 0 Å². The van der Waals surface area contributed by atoms with Gasteiger partial charge in [0.25, 0.3) is 5.91 Å². The number of carbonyl (C=O) groups excluding carboxylic acids is 1. The molecular formula is C16H21NO4. The third kappa shape index (κ3) is 3.74. The van der Waals surface area contributed by atoms with Crippen LogP contribution in [-0.4, -0.2) is 39.6 Å². The number of hydrogen-bond acceptors (Lipinski definition) is 3. The van der Waals surface area contributed by atoms with Crippen molar-refractivity contribution in [3.8, 4) is 5.75 Å². The minimum absolute atomic E-state index is 0.00328. The quantitative estimate of drug-likeness (QED) is 0.893. The van der Waals surface area contributed by atoms with E-state index in [0.717, 1.165) is 19.3 Å². The summed E-state index contributed by atoms with van der Waals surface area (Å²) < 4.78 is 0. The fraction of sp³-hybridized carbons (Fsp3) is 0.500. The molecule has 21 heavy (non-hydrogen) atoms. The molecular weight excluding hydrogens is 270 g/mol. The summed E-state index contributed by atoms with van der Waals surface area (Å²) in [6, 6.07) is 4.82. The number of carbonyl (C=O) groups is 2. The lowest BCUT2D eigenvalue weighted by Crippen LogP contribution is -2.44. The average molecular weight is 291 g/mol. The Balaban J connectivity index is 2.13. The van der Waals surface area contributed by atoms with Gasteiger partial charge in [0, 0.05) is 24.6 Å². The molecule has 0 radical (unpaired) electrons. The number of piperidine rings is 1. The van der Waals surface area contributed by atoms with Gasteiger partial charge in [-0.3, -0.25) is 9.59 Å². The third-order valence-corrected chi connectivity index (χ3v) is 4.02. The highest BCUT2D eigenvalue weighted by Gasteiger charge is 2.27. The number of phenolic OH excluding ortho intramolecular Hbond substituents is 1. The molecule has 0 spiro atoms. The van der Waals surface area contributed by atoms with Crippen molar-refractivity contribution < 1.29 is 19.8 Å². The van der Waals surface area contributed by atoms with Crippen LogP contribution in [-0.2, 0) is 4.79 Å². The van der Waals surface area contributed by atoms with Gasteiger partial charge in [0.15, 0.2) is 0 Å². The van der Waals surface area contributed by atoms with Crippen molar-refractivity contribution >= 4 is 11.9 Å². The predicted molar refractivity (Wildman–Crippen MR) is 78.4 cm³/mol. The number of nitrogens with zero attached hydrogens (tertiary/aromatic N) is 1. The lowest BCUT2D eigenvalue weighted by atomic mass is 9.96. The second-order valence-corrected chi connectivity index (χ2v) is 5.58. The number of aryl methyl sites for hydroxylation is 1. The van der Waals surface area contributed by atoms with Crippen LogP contribution in [0.2, 0.25) is 0 Å². The molecule has 1 amide bonds. The summed E-state index contributed by atoms with van der Waals surface area (Å²) in [5.74, 6) is -0.728. The summed E-state index contributed by atoms with van der Waals surface area (Å²) in [5, 5.41) is 18.4. The monoisotopic (exact) mass is 291 g/mol. The van der Waals surface area contributed by atoms with E-state index in [2.05, 4.69) is 0 Å². The lowest BCUT2D eigenvalue weighted by Gasteiger charge is -2.35. The number of carboxylic acid groups (broad SMARTS) is 1. The van der Waals surface area contributed by atoms with Crippen molar-refractivity contribution in [1.29, 1.82) is 0 Å². The zero-order valence-corrected chi connectivity index (χ0v) is 12.2. The van der Waals surface area contributed by atoms with Gasteiger partial charge in [0.2, 0.25) is 0 Å². The Kier molecular flexibility index (Phi) is 4.83. The van der Waals surface area contributed by atoms with Gasteiger partial charge in [-0.05, 0) is 56.4 Å². The zero-order valence-electron chi connectivity index (χ0n) is 12.2. The second-order valence-electron chi connectivity index (χ2n) is 5.58. The molecule has 1 fully saturated rings. The van der Waals surface area contributed by atoms with Crippen LogP contribution in [0.3, 0.4) is 0 Å². The van der Waals surface area contributed by atoms with Crippen LogP contribution >= 0.6 is 0 Å². The minimum Gasteiger partial charge on any atom is -0.508 e. The molecule has 2 N–H and O–H groups in total. The van der Waals surface area contributed by atoms with Gasteiger partial charge in [-0.15, -0.1) is 0 Å². The minimum atomic E-state index is -0.826. The number of benzene rings is 1. The van der Waals surface area contributed by atoms with E-state index in [-0.39, 0.29) is 24.1 Å². The lowest BCUT2D eigenvalue weighted by molar-refractivity contribution is -0.137. The number of amides is 1. The second kappa shape index (κ2) is 6.61. The first-order chi connectivity index (χ1) is 9.99. The first-order valence-corrected chi connectivity index (χ1v) is 7.31. The first-order valence-electron chi connectivity index (χ1n) is 7.31. The molecule has 1 aromatic rings. The fourth-order valence-corrected chi connectivity index (χ4v) is 2.81. The van der Waals surface area contributed by atoms with E-state index in [1.54, 1.807) is 24.0 Å². The van der Waals surface area contributed by atoms with Gasteiger partial charge >= 0.3 is 5.97 Å². The molecule has 1 aliphatic rings. The van der Waals surface area contributed by atoms with E-state index in [0.29, 0.717) is 24.1 Å². The van der Waals surface area contributed by atoms with Crippen molar-refractivity contribution in [3.05, 3.63) is 29.3 Å². The van der Waals surface area contributed by atoms with Crippen molar-refractivity contribution in [2.24, 2.45) is 0 Å². The normalized spacial score (nSPS) is 18.5. The van der Waals surface area contributed by atoms with E-state index >= 15 is 0 Å².